The van der Waals surface area contributed by atoms with E-state index in [-0.39, 0.29) is 11.4 Å². The van der Waals surface area contributed by atoms with E-state index in [1.807, 2.05) is 0 Å². The molecule has 0 bridgehead atoms. The summed E-state index contributed by atoms with van der Waals surface area (Å²) in [7, 11) is 0. The first-order valence-electron chi connectivity index (χ1n) is 4.39. The first kappa shape index (κ1) is 10.9. The van der Waals surface area contributed by atoms with Crippen molar-refractivity contribution < 1.29 is 9.84 Å². The monoisotopic (exact) mass is 329 g/mol. The Balaban J connectivity index is 2.35. The minimum absolute atomic E-state index is 0.0124. The molecule has 0 aliphatic carbocycles. The number of phenolic OH excluding ortho intramolecular Hbond substituents is 1. The van der Waals surface area contributed by atoms with Gasteiger partial charge in [-0.15, -0.1) is 0 Å². The third kappa shape index (κ3) is 2.16. The van der Waals surface area contributed by atoms with Crippen molar-refractivity contribution in [3.63, 3.8) is 0 Å². The highest BCUT2D eigenvalue weighted by Crippen LogP contribution is 2.33. The predicted molar refractivity (Wildman–Crippen MR) is 67.3 cm³/mol. The van der Waals surface area contributed by atoms with Crippen molar-refractivity contribution in [1.29, 1.82) is 0 Å². The van der Waals surface area contributed by atoms with E-state index >= 15 is 0 Å². The summed E-state index contributed by atoms with van der Waals surface area (Å²) in [5.74, 6) is 0.770. The smallest absolute Gasteiger partial charge is 0.235 e. The number of nitrogen functional groups attached to an aromatic ring is 1. The van der Waals surface area contributed by atoms with E-state index in [0.29, 0.717) is 11.6 Å². The first-order chi connectivity index (χ1) is 7.68. The van der Waals surface area contributed by atoms with E-state index in [9.17, 15) is 5.11 Å². The molecule has 0 aliphatic rings. The summed E-state index contributed by atoms with van der Waals surface area (Å²) in [5.41, 5.74) is 5.85. The highest BCUT2D eigenvalue weighted by molar-refractivity contribution is 14.1. The molecule has 1 aromatic carbocycles. The van der Waals surface area contributed by atoms with Gasteiger partial charge in [0.25, 0.3) is 0 Å². The number of benzene rings is 1. The SMILES string of the molecule is Nc1c(O)cccc1Oc1ncncc1I. The Kier molecular flexibility index (Phi) is 3.09. The number of ether oxygens (including phenoxy) is 1. The molecule has 0 fully saturated rings. The van der Waals surface area contributed by atoms with Gasteiger partial charge < -0.3 is 15.6 Å². The summed E-state index contributed by atoms with van der Waals surface area (Å²) < 4.78 is 6.24. The van der Waals surface area contributed by atoms with Gasteiger partial charge in [-0.1, -0.05) is 6.07 Å². The second-order valence-electron chi connectivity index (χ2n) is 2.97. The lowest BCUT2D eigenvalue weighted by atomic mass is 10.3. The zero-order valence-electron chi connectivity index (χ0n) is 8.09. The van der Waals surface area contributed by atoms with Crippen LogP contribution in [0.25, 0.3) is 0 Å². The van der Waals surface area contributed by atoms with Crippen molar-refractivity contribution in [2.24, 2.45) is 0 Å². The Morgan fingerprint density at radius 1 is 1.38 bits per heavy atom. The fourth-order valence-corrected chi connectivity index (χ4v) is 1.51. The summed E-state index contributed by atoms with van der Waals surface area (Å²) >= 11 is 2.05. The minimum atomic E-state index is -0.0124. The second-order valence-corrected chi connectivity index (χ2v) is 4.13. The zero-order valence-corrected chi connectivity index (χ0v) is 10.2. The number of para-hydroxylation sites is 1. The number of aromatic nitrogens is 2. The maximum atomic E-state index is 9.41. The number of hydrogen-bond acceptors (Lipinski definition) is 5. The summed E-state index contributed by atoms with van der Waals surface area (Å²) in [5, 5.41) is 9.41. The molecule has 2 aromatic rings. The van der Waals surface area contributed by atoms with Crippen molar-refractivity contribution in [1.82, 2.24) is 9.97 Å². The third-order valence-electron chi connectivity index (χ3n) is 1.88. The van der Waals surface area contributed by atoms with E-state index in [2.05, 4.69) is 32.6 Å². The summed E-state index contributed by atoms with van der Waals surface area (Å²) in [6.07, 6.45) is 3.01. The van der Waals surface area contributed by atoms with Crippen LogP contribution in [0.4, 0.5) is 5.69 Å². The molecule has 3 N–H and O–H groups in total. The first-order valence-corrected chi connectivity index (χ1v) is 5.47. The van der Waals surface area contributed by atoms with Crippen molar-refractivity contribution in [2.45, 2.75) is 0 Å². The molecule has 0 aliphatic heterocycles. The van der Waals surface area contributed by atoms with Crippen molar-refractivity contribution in [3.05, 3.63) is 34.3 Å². The molecule has 82 valence electrons. The Morgan fingerprint density at radius 2 is 2.19 bits per heavy atom. The fraction of sp³-hybridized carbons (Fsp3) is 0. The minimum Gasteiger partial charge on any atom is -0.506 e. The van der Waals surface area contributed by atoms with E-state index in [1.54, 1.807) is 18.3 Å². The molecule has 0 radical (unpaired) electrons. The molecular weight excluding hydrogens is 321 g/mol. The van der Waals surface area contributed by atoms with Crippen LogP contribution in [0.3, 0.4) is 0 Å². The number of nitrogens with zero attached hydrogens (tertiary/aromatic N) is 2. The van der Waals surface area contributed by atoms with Crippen molar-refractivity contribution in [3.8, 4) is 17.4 Å². The molecule has 0 unspecified atom stereocenters. The molecule has 0 saturated heterocycles. The summed E-state index contributed by atoms with van der Waals surface area (Å²) in [4.78, 5) is 7.81. The molecular formula is C10H8IN3O2. The van der Waals surface area contributed by atoms with Crippen molar-refractivity contribution in [2.75, 3.05) is 5.73 Å². The average Bonchev–Trinajstić information content (AvgIpc) is 2.28. The third-order valence-corrected chi connectivity index (χ3v) is 2.62. The van der Waals surface area contributed by atoms with Gasteiger partial charge in [-0.05, 0) is 34.7 Å². The Labute approximate surface area is 105 Å². The van der Waals surface area contributed by atoms with E-state index in [1.165, 1.54) is 12.4 Å². The lowest BCUT2D eigenvalue weighted by Crippen LogP contribution is -1.96. The van der Waals surface area contributed by atoms with Gasteiger partial charge >= 0.3 is 0 Å². The number of hydrogen-bond donors (Lipinski definition) is 2. The van der Waals surface area contributed by atoms with Gasteiger partial charge in [-0.25, -0.2) is 9.97 Å². The Morgan fingerprint density at radius 3 is 2.94 bits per heavy atom. The fourth-order valence-electron chi connectivity index (χ4n) is 1.10. The normalized spacial score (nSPS) is 10.1. The lowest BCUT2D eigenvalue weighted by molar-refractivity contribution is 0.446. The van der Waals surface area contributed by atoms with Gasteiger partial charge in [0, 0.05) is 6.20 Å². The van der Waals surface area contributed by atoms with Gasteiger partial charge in [0.15, 0.2) is 5.75 Å². The van der Waals surface area contributed by atoms with Crippen LogP contribution in [0.1, 0.15) is 0 Å². The topological polar surface area (TPSA) is 81.3 Å². The molecule has 1 aromatic heterocycles. The maximum Gasteiger partial charge on any atom is 0.235 e. The van der Waals surface area contributed by atoms with Crippen LogP contribution in [0.5, 0.6) is 17.4 Å². The molecule has 2 rings (SSSR count). The van der Waals surface area contributed by atoms with Crippen LogP contribution in [0, 0.1) is 3.57 Å². The molecule has 16 heavy (non-hydrogen) atoms. The van der Waals surface area contributed by atoms with Gasteiger partial charge in [-0.3, -0.25) is 0 Å². The summed E-state index contributed by atoms with van der Waals surface area (Å²) in [6.45, 7) is 0. The predicted octanol–water partition coefficient (Wildman–Crippen LogP) is 2.16. The average molecular weight is 329 g/mol. The van der Waals surface area contributed by atoms with Gasteiger partial charge in [0.1, 0.15) is 17.8 Å². The summed E-state index contributed by atoms with van der Waals surface area (Å²) in [6, 6.07) is 4.80. The van der Waals surface area contributed by atoms with Crippen molar-refractivity contribution >= 4 is 28.3 Å². The van der Waals surface area contributed by atoms with Gasteiger partial charge in [-0.2, -0.15) is 0 Å². The molecule has 0 spiro atoms. The van der Waals surface area contributed by atoms with Crippen LogP contribution >= 0.6 is 22.6 Å². The van der Waals surface area contributed by atoms with E-state index < -0.39 is 0 Å². The largest absolute Gasteiger partial charge is 0.506 e. The lowest BCUT2D eigenvalue weighted by Gasteiger charge is -2.08. The van der Waals surface area contributed by atoms with Crippen LogP contribution in [0.2, 0.25) is 0 Å². The van der Waals surface area contributed by atoms with Gasteiger partial charge in [0.05, 0.1) is 3.57 Å². The molecule has 1 heterocycles. The number of halogens is 1. The number of phenols is 1. The molecule has 0 saturated carbocycles. The number of anilines is 1. The standard InChI is InChI=1S/C10H8IN3O2/c11-6-4-13-5-14-10(6)16-8-3-1-2-7(15)9(8)12/h1-5,15H,12H2. The highest BCUT2D eigenvalue weighted by atomic mass is 127. The van der Waals surface area contributed by atoms with Crippen LogP contribution in [-0.4, -0.2) is 15.1 Å². The Hall–Kier alpha value is -1.57. The van der Waals surface area contributed by atoms with Crippen LogP contribution in [0.15, 0.2) is 30.7 Å². The zero-order chi connectivity index (χ0) is 11.5. The van der Waals surface area contributed by atoms with Gasteiger partial charge in [0.2, 0.25) is 5.88 Å². The molecule has 0 amide bonds. The molecule has 0 atom stereocenters. The second kappa shape index (κ2) is 4.52. The van der Waals surface area contributed by atoms with E-state index in [4.69, 9.17) is 10.5 Å². The van der Waals surface area contributed by atoms with Crippen LogP contribution < -0.4 is 10.5 Å². The van der Waals surface area contributed by atoms with E-state index in [0.717, 1.165) is 3.57 Å². The molecule has 6 heteroatoms. The number of aromatic hydroxyl groups is 1. The maximum absolute atomic E-state index is 9.41. The number of nitrogens with two attached hydrogens (primary N) is 1. The highest BCUT2D eigenvalue weighted by Gasteiger charge is 2.08. The number of rotatable bonds is 2. The molecule has 5 nitrogen and oxygen atoms in total. The quantitative estimate of drug-likeness (QED) is 0.501. The Bertz CT molecular complexity index is 519. The van der Waals surface area contributed by atoms with Crippen LogP contribution in [-0.2, 0) is 0 Å².